The molecule has 1 aliphatic rings. The second-order valence-corrected chi connectivity index (χ2v) is 7.83. The number of hydrogen-bond acceptors (Lipinski definition) is 6. The highest BCUT2D eigenvalue weighted by atomic mass is 32.1. The maximum atomic E-state index is 4.33. The van der Waals surface area contributed by atoms with E-state index in [0.717, 1.165) is 29.0 Å². The van der Waals surface area contributed by atoms with Gasteiger partial charge >= 0.3 is 0 Å². The molecule has 6 heteroatoms. The third kappa shape index (κ3) is 2.58. The van der Waals surface area contributed by atoms with Crippen molar-refractivity contribution in [3.8, 4) is 9.88 Å². The summed E-state index contributed by atoms with van der Waals surface area (Å²) in [5.74, 6) is 0. The summed E-state index contributed by atoms with van der Waals surface area (Å²) in [7, 11) is 0. The molecule has 1 fully saturated rings. The van der Waals surface area contributed by atoms with E-state index in [9.17, 15) is 0 Å². The highest BCUT2D eigenvalue weighted by molar-refractivity contribution is 7.30. The van der Waals surface area contributed by atoms with Crippen LogP contribution in [0.1, 0.15) is 17.8 Å². The van der Waals surface area contributed by atoms with Crippen LogP contribution in [0.4, 0.5) is 0 Å². The van der Waals surface area contributed by atoms with Crippen LogP contribution >= 0.6 is 34.0 Å². The maximum absolute atomic E-state index is 4.33. The average molecular weight is 307 g/mol. The zero-order valence-electron chi connectivity index (χ0n) is 10.3. The molecule has 1 N–H and O–H groups in total. The number of nitrogens with zero attached hydrogens (tertiary/aromatic N) is 2. The fourth-order valence-corrected chi connectivity index (χ4v) is 4.98. The third-order valence-electron chi connectivity index (χ3n) is 3.17. The molecule has 1 saturated carbocycles. The van der Waals surface area contributed by atoms with Gasteiger partial charge in [-0.2, -0.15) is 0 Å². The van der Waals surface area contributed by atoms with Crippen molar-refractivity contribution < 1.29 is 0 Å². The molecule has 0 saturated heterocycles. The fraction of sp³-hybridized carbons (Fsp3) is 0.385. The Labute approximate surface area is 123 Å². The Hall–Kier alpha value is -0.820. The molecule has 0 unspecified atom stereocenters. The zero-order chi connectivity index (χ0) is 12.7. The summed E-state index contributed by atoms with van der Waals surface area (Å²) in [6, 6.07) is 5.18. The standard InChI is InChI=1S/C13H13N3S3/c1-2-8(1)14-5-3-12-15-16-13(19-12)11-7-10-9(18-11)4-6-17-10/h4,6-8,14H,1-3,5H2. The normalized spacial score (nSPS) is 15.4. The molecule has 0 aliphatic heterocycles. The number of rotatable bonds is 5. The highest BCUT2D eigenvalue weighted by Gasteiger charge is 2.20. The van der Waals surface area contributed by atoms with Crippen molar-refractivity contribution in [2.24, 2.45) is 0 Å². The van der Waals surface area contributed by atoms with Gasteiger partial charge < -0.3 is 5.32 Å². The van der Waals surface area contributed by atoms with Crippen LogP contribution in [0.25, 0.3) is 19.3 Å². The molecule has 3 nitrogen and oxygen atoms in total. The molecule has 0 spiro atoms. The van der Waals surface area contributed by atoms with Crippen molar-refractivity contribution in [2.75, 3.05) is 6.54 Å². The number of nitrogens with one attached hydrogen (secondary N) is 1. The molecule has 4 rings (SSSR count). The first-order valence-corrected chi connectivity index (χ1v) is 8.93. The second-order valence-electron chi connectivity index (χ2n) is 4.74. The van der Waals surface area contributed by atoms with E-state index < -0.39 is 0 Å². The molecule has 0 amide bonds. The van der Waals surface area contributed by atoms with E-state index in [-0.39, 0.29) is 0 Å². The first-order valence-electron chi connectivity index (χ1n) is 6.42. The molecular formula is C13H13N3S3. The van der Waals surface area contributed by atoms with E-state index in [1.54, 1.807) is 22.7 Å². The topological polar surface area (TPSA) is 37.8 Å². The average Bonchev–Trinajstić information content (AvgIpc) is 2.80. The van der Waals surface area contributed by atoms with Crippen molar-refractivity contribution in [3.63, 3.8) is 0 Å². The Morgan fingerprint density at radius 1 is 1.21 bits per heavy atom. The van der Waals surface area contributed by atoms with Crippen LogP contribution in [0.5, 0.6) is 0 Å². The van der Waals surface area contributed by atoms with E-state index in [4.69, 9.17) is 0 Å². The van der Waals surface area contributed by atoms with Gasteiger partial charge in [-0.15, -0.1) is 32.9 Å². The van der Waals surface area contributed by atoms with E-state index in [1.165, 1.54) is 27.1 Å². The van der Waals surface area contributed by atoms with Crippen LogP contribution in [0.15, 0.2) is 17.5 Å². The summed E-state index contributed by atoms with van der Waals surface area (Å²) in [6.07, 6.45) is 3.68. The first-order chi connectivity index (χ1) is 9.38. The Morgan fingerprint density at radius 3 is 3.00 bits per heavy atom. The number of hydrogen-bond donors (Lipinski definition) is 1. The first kappa shape index (κ1) is 12.0. The minimum absolute atomic E-state index is 0.775. The SMILES string of the molecule is c1cc2sc(-c3nnc(CCNC4CC4)s3)cc2s1. The molecule has 19 heavy (non-hydrogen) atoms. The molecule has 0 radical (unpaired) electrons. The lowest BCUT2D eigenvalue weighted by atomic mass is 10.4. The van der Waals surface area contributed by atoms with Gasteiger partial charge in [0.15, 0.2) is 5.01 Å². The van der Waals surface area contributed by atoms with Gasteiger partial charge in [-0.25, -0.2) is 0 Å². The molecule has 3 aromatic heterocycles. The maximum Gasteiger partial charge on any atom is 0.157 e. The van der Waals surface area contributed by atoms with E-state index in [2.05, 4.69) is 33.0 Å². The van der Waals surface area contributed by atoms with Crippen LogP contribution in [-0.2, 0) is 6.42 Å². The minimum Gasteiger partial charge on any atom is -0.314 e. The molecule has 0 aromatic carbocycles. The van der Waals surface area contributed by atoms with Crippen molar-refractivity contribution in [3.05, 3.63) is 22.5 Å². The second kappa shape index (κ2) is 4.94. The van der Waals surface area contributed by atoms with Crippen LogP contribution in [-0.4, -0.2) is 22.8 Å². The summed E-state index contributed by atoms with van der Waals surface area (Å²) < 4.78 is 2.71. The van der Waals surface area contributed by atoms with E-state index >= 15 is 0 Å². The summed E-state index contributed by atoms with van der Waals surface area (Å²) in [4.78, 5) is 1.25. The summed E-state index contributed by atoms with van der Waals surface area (Å²) >= 11 is 5.33. The van der Waals surface area contributed by atoms with Crippen molar-refractivity contribution in [1.29, 1.82) is 0 Å². The number of thiophene rings is 2. The Bertz CT molecular complexity index is 664. The lowest BCUT2D eigenvalue weighted by Crippen LogP contribution is -2.19. The van der Waals surface area contributed by atoms with Gasteiger partial charge in [0, 0.05) is 28.4 Å². The van der Waals surface area contributed by atoms with Crippen molar-refractivity contribution in [2.45, 2.75) is 25.3 Å². The van der Waals surface area contributed by atoms with Crippen LogP contribution in [0, 0.1) is 0 Å². The van der Waals surface area contributed by atoms with Gasteiger partial charge in [0.1, 0.15) is 5.01 Å². The van der Waals surface area contributed by atoms with Gasteiger partial charge in [0.05, 0.1) is 4.88 Å². The summed E-state index contributed by atoms with van der Waals surface area (Å²) in [5.41, 5.74) is 0. The molecular weight excluding hydrogens is 294 g/mol. The fourth-order valence-electron chi connectivity index (χ4n) is 2.00. The zero-order valence-corrected chi connectivity index (χ0v) is 12.7. The number of fused-ring (bicyclic) bond motifs is 1. The molecule has 3 aromatic rings. The predicted molar refractivity (Wildman–Crippen MR) is 83.3 cm³/mol. The molecule has 3 heterocycles. The van der Waals surface area contributed by atoms with Crippen molar-refractivity contribution >= 4 is 43.4 Å². The van der Waals surface area contributed by atoms with Gasteiger partial charge in [0.25, 0.3) is 0 Å². The Balaban J connectivity index is 1.48. The van der Waals surface area contributed by atoms with Crippen LogP contribution in [0.3, 0.4) is 0 Å². The largest absolute Gasteiger partial charge is 0.314 e. The van der Waals surface area contributed by atoms with Crippen molar-refractivity contribution in [1.82, 2.24) is 15.5 Å². The lowest BCUT2D eigenvalue weighted by Gasteiger charge is -1.97. The molecule has 1 aliphatic carbocycles. The quantitative estimate of drug-likeness (QED) is 0.779. The monoisotopic (exact) mass is 307 g/mol. The molecule has 98 valence electrons. The highest BCUT2D eigenvalue weighted by Crippen LogP contribution is 2.37. The van der Waals surface area contributed by atoms with Crippen LogP contribution in [0.2, 0.25) is 0 Å². The summed E-state index contributed by atoms with van der Waals surface area (Å²) in [5, 5.41) is 16.5. The predicted octanol–water partition coefficient (Wildman–Crippen LogP) is 3.78. The van der Waals surface area contributed by atoms with Gasteiger partial charge in [-0.3, -0.25) is 0 Å². The van der Waals surface area contributed by atoms with E-state index in [1.807, 2.05) is 11.3 Å². The minimum atomic E-state index is 0.775. The molecule has 0 atom stereocenters. The smallest absolute Gasteiger partial charge is 0.157 e. The third-order valence-corrected chi connectivity index (χ3v) is 6.41. The Morgan fingerprint density at radius 2 is 2.16 bits per heavy atom. The van der Waals surface area contributed by atoms with Gasteiger partial charge in [-0.05, 0) is 30.4 Å². The number of aromatic nitrogens is 2. The van der Waals surface area contributed by atoms with Gasteiger partial charge in [-0.1, -0.05) is 11.3 Å². The summed E-state index contributed by atoms with van der Waals surface area (Å²) in [6.45, 7) is 1.03. The van der Waals surface area contributed by atoms with E-state index in [0.29, 0.717) is 0 Å². The Kier molecular flexibility index (Phi) is 3.11. The lowest BCUT2D eigenvalue weighted by molar-refractivity contribution is 0.677. The molecule has 0 bridgehead atoms. The van der Waals surface area contributed by atoms with Gasteiger partial charge in [0.2, 0.25) is 0 Å². The van der Waals surface area contributed by atoms with Crippen LogP contribution < -0.4 is 5.32 Å².